The van der Waals surface area contributed by atoms with Crippen LogP contribution in [0.2, 0.25) is 0 Å². The molecule has 2 aliphatic heterocycles. The number of methoxy groups -OCH3 is 1. The number of anilines is 1. The first-order valence-electron chi connectivity index (χ1n) is 21.9. The Balaban J connectivity index is 0.896. The Bertz CT molecular complexity index is 1990. The van der Waals surface area contributed by atoms with Gasteiger partial charge in [-0.2, -0.15) is 5.26 Å². The number of hydrogen-bond acceptors (Lipinski definition) is 9. The molecule has 3 heterocycles. The lowest BCUT2D eigenvalue weighted by Crippen LogP contribution is -2.52. The summed E-state index contributed by atoms with van der Waals surface area (Å²) in [6, 6.07) is 12.3. The van der Waals surface area contributed by atoms with E-state index in [0.29, 0.717) is 22.7 Å². The number of ether oxygens (including phenoxy) is 2. The average Bonchev–Trinajstić information content (AvgIpc) is 3.21. The van der Waals surface area contributed by atoms with Crippen LogP contribution in [-0.2, 0) is 9.53 Å². The number of nitrogens with zero attached hydrogens (tertiary/aromatic N) is 6. The van der Waals surface area contributed by atoms with E-state index >= 15 is 0 Å². The van der Waals surface area contributed by atoms with Crippen LogP contribution in [0.15, 0.2) is 30.3 Å². The van der Waals surface area contributed by atoms with Crippen molar-refractivity contribution in [2.75, 3.05) is 58.2 Å². The topological polar surface area (TPSA) is 124 Å². The highest BCUT2D eigenvalue weighted by Crippen LogP contribution is 2.47. The molecule has 2 amide bonds. The number of likely N-dealkylation sites (tertiary alicyclic amines) is 1. The Morgan fingerprint density at radius 1 is 0.931 bits per heavy atom. The molecule has 3 aromatic rings. The minimum absolute atomic E-state index is 0.0670. The van der Waals surface area contributed by atoms with Crippen molar-refractivity contribution in [2.45, 2.75) is 123 Å². The molecule has 4 aliphatic rings. The van der Waals surface area contributed by atoms with Gasteiger partial charge in [0.1, 0.15) is 23.0 Å². The van der Waals surface area contributed by atoms with Crippen LogP contribution in [-0.4, -0.2) is 95.2 Å². The zero-order chi connectivity index (χ0) is 41.2. The van der Waals surface area contributed by atoms with E-state index in [1.165, 1.54) is 25.7 Å². The molecule has 2 saturated heterocycles. The van der Waals surface area contributed by atoms with Crippen LogP contribution in [0.4, 0.5) is 10.6 Å². The number of hydrogen-bond donors (Lipinski definition) is 1. The molecule has 11 heteroatoms. The molecule has 58 heavy (non-hydrogen) atoms. The summed E-state index contributed by atoms with van der Waals surface area (Å²) in [6.07, 6.45) is 10.7. The van der Waals surface area contributed by atoms with Gasteiger partial charge in [-0.3, -0.25) is 9.69 Å². The highest BCUT2D eigenvalue weighted by Gasteiger charge is 2.40. The van der Waals surface area contributed by atoms with Crippen molar-refractivity contribution < 1.29 is 19.1 Å². The van der Waals surface area contributed by atoms with Gasteiger partial charge in [0.05, 0.1) is 30.3 Å². The van der Waals surface area contributed by atoms with Crippen LogP contribution in [0, 0.1) is 42.4 Å². The molecule has 312 valence electrons. The van der Waals surface area contributed by atoms with Gasteiger partial charge in [0.15, 0.2) is 0 Å². The van der Waals surface area contributed by atoms with Crippen LogP contribution in [0.1, 0.15) is 132 Å². The summed E-state index contributed by atoms with van der Waals surface area (Å²) in [4.78, 5) is 42.7. The van der Waals surface area contributed by atoms with Crippen LogP contribution in [0.3, 0.4) is 0 Å². The van der Waals surface area contributed by atoms with Crippen LogP contribution in [0.25, 0.3) is 10.9 Å². The normalized spacial score (nSPS) is 22.4. The Hall–Kier alpha value is -4.43. The fraction of sp³-hybridized carbons (Fsp3) is 0.638. The zero-order valence-electron chi connectivity index (χ0n) is 36.0. The number of fused-ring (bicyclic) bond motifs is 1. The number of aromatic nitrogens is 2. The summed E-state index contributed by atoms with van der Waals surface area (Å²) < 4.78 is 11.6. The molecule has 2 aromatic carbocycles. The number of rotatable bonds is 8. The van der Waals surface area contributed by atoms with Crippen molar-refractivity contribution in [3.63, 3.8) is 0 Å². The van der Waals surface area contributed by atoms with Crippen LogP contribution >= 0.6 is 0 Å². The van der Waals surface area contributed by atoms with Crippen molar-refractivity contribution in [3.8, 4) is 11.8 Å². The highest BCUT2D eigenvalue weighted by atomic mass is 16.6. The lowest BCUT2D eigenvalue weighted by Gasteiger charge is -2.47. The predicted octanol–water partition coefficient (Wildman–Crippen LogP) is 8.93. The van der Waals surface area contributed by atoms with E-state index in [-0.39, 0.29) is 24.0 Å². The van der Waals surface area contributed by atoms with Crippen molar-refractivity contribution in [3.05, 3.63) is 58.4 Å². The van der Waals surface area contributed by atoms with Gasteiger partial charge in [0, 0.05) is 63.2 Å². The van der Waals surface area contributed by atoms with Gasteiger partial charge in [0.2, 0.25) is 5.91 Å². The number of benzene rings is 2. The fourth-order valence-corrected chi connectivity index (χ4v) is 10.3. The largest absolute Gasteiger partial charge is 0.496 e. The molecule has 0 radical (unpaired) electrons. The number of aryl methyl sites for hydroxylation is 1. The number of carbonyl (C=O) groups excluding carboxylic acids is 2. The quantitative estimate of drug-likeness (QED) is 0.238. The molecule has 1 N–H and O–H groups in total. The Kier molecular flexibility index (Phi) is 12.5. The summed E-state index contributed by atoms with van der Waals surface area (Å²) in [5.41, 5.74) is 4.64. The summed E-state index contributed by atoms with van der Waals surface area (Å²) in [6.45, 7) is 18.1. The van der Waals surface area contributed by atoms with Gasteiger partial charge in [-0.15, -0.1) is 0 Å². The van der Waals surface area contributed by atoms with Gasteiger partial charge >= 0.3 is 6.09 Å². The van der Waals surface area contributed by atoms with Gasteiger partial charge in [-0.1, -0.05) is 12.1 Å². The number of carbonyl (C=O) groups is 2. The maximum Gasteiger partial charge on any atom is 0.410 e. The lowest BCUT2D eigenvalue weighted by atomic mass is 9.65. The first kappa shape index (κ1) is 41.7. The Morgan fingerprint density at radius 3 is 2.26 bits per heavy atom. The van der Waals surface area contributed by atoms with E-state index < -0.39 is 5.60 Å². The number of nitrogens with one attached hydrogen (secondary N) is 1. The van der Waals surface area contributed by atoms with E-state index in [2.05, 4.69) is 40.2 Å². The Morgan fingerprint density at radius 2 is 1.62 bits per heavy atom. The van der Waals surface area contributed by atoms with Gasteiger partial charge in [0.25, 0.3) is 0 Å². The van der Waals surface area contributed by atoms with E-state index in [0.717, 1.165) is 129 Å². The third-order valence-electron chi connectivity index (χ3n) is 13.8. The monoisotopic (exact) mass is 792 g/mol. The van der Waals surface area contributed by atoms with Crippen LogP contribution < -0.4 is 10.1 Å². The number of amides is 2. The molecular formula is C47H65N7O4. The van der Waals surface area contributed by atoms with Gasteiger partial charge in [-0.05, 0) is 152 Å². The summed E-state index contributed by atoms with van der Waals surface area (Å²) in [7, 11) is 1.73. The summed E-state index contributed by atoms with van der Waals surface area (Å²) >= 11 is 0. The molecule has 0 unspecified atom stereocenters. The Labute approximate surface area is 345 Å². The van der Waals surface area contributed by atoms with E-state index in [1.54, 1.807) is 7.11 Å². The maximum absolute atomic E-state index is 13.9. The molecular weight excluding hydrogens is 727 g/mol. The molecule has 0 bridgehead atoms. The number of nitriles is 1. The zero-order valence-corrected chi connectivity index (χ0v) is 36.0. The van der Waals surface area contributed by atoms with Gasteiger partial charge in [-0.25, -0.2) is 14.8 Å². The van der Waals surface area contributed by atoms with Crippen molar-refractivity contribution in [1.82, 2.24) is 24.7 Å². The number of piperidine rings is 1. The van der Waals surface area contributed by atoms with Gasteiger partial charge < -0.3 is 24.6 Å². The van der Waals surface area contributed by atoms with Crippen molar-refractivity contribution in [2.24, 2.45) is 17.3 Å². The third-order valence-corrected chi connectivity index (χ3v) is 13.8. The molecule has 7 rings (SSSR count). The van der Waals surface area contributed by atoms with Crippen LogP contribution in [0.5, 0.6) is 5.75 Å². The minimum atomic E-state index is -0.452. The third kappa shape index (κ3) is 9.38. The molecule has 1 atom stereocenters. The molecule has 2 saturated carbocycles. The SMILES string of the molecule is COc1cc2nc(C)nc(N[C@H](C)c3cccc(C#N)c3C)c2cc1C1CCC(C(=O)N2CCN(CC3CCC4(CC3)CCN(C(=O)OC(C)(C)C)CC4)CC2)CC1. The second-order valence-electron chi connectivity index (χ2n) is 18.8. The standard InChI is InChI=1S/C47H65N7O4/c1-31-37(29-48)9-8-10-38(31)32(2)49-43-40-27-39(42(57-7)28-41(40)50-33(3)51-43)35-11-13-36(14-12-35)44(55)53-25-23-52(24-26-53)30-34-15-17-47(18-16-34)19-21-54(22-20-47)45(56)58-46(4,5)6/h8-10,27-28,32,34-36H,11-26,30H2,1-7H3,(H,49,50,51)/t32-,35?,36?/m1/s1. The first-order chi connectivity index (χ1) is 27.7. The van der Waals surface area contributed by atoms with Crippen molar-refractivity contribution in [1.29, 1.82) is 5.26 Å². The van der Waals surface area contributed by atoms with E-state index in [1.807, 2.05) is 57.7 Å². The minimum Gasteiger partial charge on any atom is -0.496 e. The molecule has 2 aliphatic carbocycles. The molecule has 1 aromatic heterocycles. The molecule has 11 nitrogen and oxygen atoms in total. The lowest BCUT2D eigenvalue weighted by molar-refractivity contribution is -0.138. The fourth-order valence-electron chi connectivity index (χ4n) is 10.3. The summed E-state index contributed by atoms with van der Waals surface area (Å²) in [5.74, 6) is 3.70. The van der Waals surface area contributed by atoms with E-state index in [9.17, 15) is 14.9 Å². The highest BCUT2D eigenvalue weighted by molar-refractivity contribution is 5.91. The van der Waals surface area contributed by atoms with E-state index in [4.69, 9.17) is 19.4 Å². The predicted molar refractivity (Wildman–Crippen MR) is 228 cm³/mol. The summed E-state index contributed by atoms with van der Waals surface area (Å²) in [5, 5.41) is 14.2. The smallest absolute Gasteiger partial charge is 0.410 e. The first-order valence-corrected chi connectivity index (χ1v) is 21.9. The van der Waals surface area contributed by atoms with Crippen molar-refractivity contribution >= 4 is 28.7 Å². The molecule has 1 spiro atoms. The second kappa shape index (κ2) is 17.4. The average molecular weight is 792 g/mol. The second-order valence-corrected chi connectivity index (χ2v) is 18.8. The maximum atomic E-state index is 13.9. The number of piperazine rings is 1. The molecule has 4 fully saturated rings.